The van der Waals surface area contributed by atoms with E-state index in [4.69, 9.17) is 9.47 Å². The average Bonchev–Trinajstić information content (AvgIpc) is 2.93. The van der Waals surface area contributed by atoms with Crippen LogP contribution in [0.2, 0.25) is 0 Å². The van der Waals surface area contributed by atoms with Crippen molar-refractivity contribution in [1.29, 1.82) is 0 Å². The van der Waals surface area contributed by atoms with E-state index in [2.05, 4.69) is 0 Å². The first-order valence-corrected chi connectivity index (χ1v) is 13.4. The molecule has 0 aromatic heterocycles. The van der Waals surface area contributed by atoms with Gasteiger partial charge in [-0.3, -0.25) is 20.2 Å². The highest BCUT2D eigenvalue weighted by Gasteiger charge is 2.25. The first-order chi connectivity index (χ1) is 18.3. The number of rotatable bonds is 14. The van der Waals surface area contributed by atoms with Gasteiger partial charge in [0.2, 0.25) is 0 Å². The highest BCUT2D eigenvalue weighted by Crippen LogP contribution is 2.20. The Labute approximate surface area is 227 Å². The fraction of sp³-hybridized carbons (Fsp3) is 0.231. The third-order valence-electron chi connectivity index (χ3n) is 5.14. The molecule has 0 aliphatic heterocycles. The van der Waals surface area contributed by atoms with Gasteiger partial charge in [-0.1, -0.05) is 36.4 Å². The Morgan fingerprint density at radius 1 is 0.632 bits per heavy atom. The summed E-state index contributed by atoms with van der Waals surface area (Å²) in [5.74, 6) is -1.28. The van der Waals surface area contributed by atoms with Gasteiger partial charge in [0.1, 0.15) is 0 Å². The summed E-state index contributed by atoms with van der Waals surface area (Å²) in [4.78, 5) is 48.2. The third-order valence-corrected chi connectivity index (χ3v) is 7.45. The van der Waals surface area contributed by atoms with Crippen LogP contribution < -0.4 is 0 Å². The van der Waals surface area contributed by atoms with Crippen molar-refractivity contribution in [2.45, 2.75) is 21.9 Å². The largest absolute Gasteiger partial charge is 0.455 e. The number of carbonyl (C=O) groups excluding carboxylic acids is 2. The normalized spacial score (nSPS) is 12.2. The van der Waals surface area contributed by atoms with Gasteiger partial charge in [-0.05, 0) is 48.5 Å². The SMILES string of the molecule is O=C(OCC(CSc1ccccc1)[N+](=O)[O-])c1ccc(C(=O)OCC(CSc2ccccc2)[N+](=O)[O-])cc1. The molecule has 2 atom stereocenters. The monoisotopic (exact) mass is 556 g/mol. The first kappa shape index (κ1) is 28.7. The van der Waals surface area contributed by atoms with Gasteiger partial charge < -0.3 is 9.47 Å². The maximum atomic E-state index is 12.4. The van der Waals surface area contributed by atoms with Crippen LogP contribution in [0, 0.1) is 20.2 Å². The first-order valence-electron chi connectivity index (χ1n) is 11.4. The molecule has 3 aromatic rings. The van der Waals surface area contributed by atoms with Crippen LogP contribution in [0.25, 0.3) is 0 Å². The van der Waals surface area contributed by atoms with E-state index in [1.54, 1.807) is 0 Å². The molecule has 0 aliphatic rings. The molecule has 0 bridgehead atoms. The molecule has 12 heteroatoms. The molecule has 3 rings (SSSR count). The van der Waals surface area contributed by atoms with Crippen LogP contribution in [0.1, 0.15) is 20.7 Å². The lowest BCUT2D eigenvalue weighted by Gasteiger charge is -2.11. The number of thioether (sulfide) groups is 2. The lowest BCUT2D eigenvalue weighted by molar-refractivity contribution is -0.519. The molecule has 0 fully saturated rings. The van der Waals surface area contributed by atoms with Crippen LogP contribution in [-0.4, -0.2) is 58.6 Å². The fourth-order valence-electron chi connectivity index (χ4n) is 3.01. The summed E-state index contributed by atoms with van der Waals surface area (Å²) in [7, 11) is 0. The van der Waals surface area contributed by atoms with Crippen LogP contribution in [0.5, 0.6) is 0 Å². The molecule has 10 nitrogen and oxygen atoms in total. The zero-order chi connectivity index (χ0) is 27.3. The second kappa shape index (κ2) is 14.7. The molecule has 0 amide bonds. The van der Waals surface area contributed by atoms with Crippen molar-refractivity contribution in [3.05, 3.63) is 116 Å². The summed E-state index contributed by atoms with van der Waals surface area (Å²) < 4.78 is 10.2. The second-order valence-corrected chi connectivity index (χ2v) is 10.1. The molecule has 198 valence electrons. The summed E-state index contributed by atoms with van der Waals surface area (Å²) in [6.45, 7) is -0.808. The lowest BCUT2D eigenvalue weighted by Crippen LogP contribution is -2.29. The van der Waals surface area contributed by atoms with Crippen molar-refractivity contribution in [3.8, 4) is 0 Å². The average molecular weight is 557 g/mol. The highest BCUT2D eigenvalue weighted by atomic mass is 32.2. The summed E-state index contributed by atoms with van der Waals surface area (Å²) in [6.07, 6.45) is 0. The minimum atomic E-state index is -1.09. The van der Waals surface area contributed by atoms with Gasteiger partial charge in [0.05, 0.1) is 22.6 Å². The molecule has 0 N–H and O–H groups in total. The molecular formula is C26H24N2O8S2. The molecule has 3 aromatic carbocycles. The summed E-state index contributed by atoms with van der Waals surface area (Å²) >= 11 is 2.58. The van der Waals surface area contributed by atoms with Crippen LogP contribution in [0.15, 0.2) is 94.7 Å². The molecule has 0 saturated heterocycles. The quantitative estimate of drug-likeness (QED) is 0.117. The van der Waals surface area contributed by atoms with E-state index in [1.807, 2.05) is 60.7 Å². The molecule has 0 spiro atoms. The van der Waals surface area contributed by atoms with Crippen molar-refractivity contribution in [2.75, 3.05) is 24.7 Å². The van der Waals surface area contributed by atoms with E-state index < -0.39 is 47.1 Å². The maximum absolute atomic E-state index is 12.4. The van der Waals surface area contributed by atoms with E-state index in [9.17, 15) is 29.8 Å². The Balaban J connectivity index is 1.47. The van der Waals surface area contributed by atoms with Gasteiger partial charge in [-0.2, -0.15) is 0 Å². The highest BCUT2D eigenvalue weighted by molar-refractivity contribution is 7.99. The fourth-order valence-corrected chi connectivity index (χ4v) is 4.92. The summed E-state index contributed by atoms with van der Waals surface area (Å²) in [5.41, 5.74) is 0.198. The number of esters is 2. The molecule has 0 saturated carbocycles. The van der Waals surface area contributed by atoms with E-state index in [1.165, 1.54) is 47.8 Å². The predicted octanol–water partition coefficient (Wildman–Crippen LogP) is 4.88. The smallest absolute Gasteiger partial charge is 0.338 e. The van der Waals surface area contributed by atoms with Crippen LogP contribution in [0.4, 0.5) is 0 Å². The lowest BCUT2D eigenvalue weighted by atomic mass is 10.1. The zero-order valence-corrected chi connectivity index (χ0v) is 21.7. The standard InChI is InChI=1S/C26H24N2O8S2/c29-25(35-15-21(27(31)32)17-37-23-7-3-1-4-8-23)19-11-13-20(14-12-19)26(30)36-16-22(28(33)34)18-38-24-9-5-2-6-10-24/h1-14,21-22H,15-18H2. The van der Waals surface area contributed by atoms with E-state index in [0.717, 1.165) is 9.79 Å². The van der Waals surface area contributed by atoms with E-state index in [-0.39, 0.29) is 22.6 Å². The summed E-state index contributed by atoms with van der Waals surface area (Å²) in [5, 5.41) is 22.7. The number of nitrogens with zero attached hydrogens (tertiary/aromatic N) is 2. The predicted molar refractivity (Wildman–Crippen MR) is 143 cm³/mol. The van der Waals surface area contributed by atoms with Crippen molar-refractivity contribution in [1.82, 2.24) is 0 Å². The Morgan fingerprint density at radius 2 is 0.974 bits per heavy atom. The number of ether oxygens (including phenoxy) is 2. The molecule has 0 heterocycles. The molecule has 38 heavy (non-hydrogen) atoms. The zero-order valence-electron chi connectivity index (χ0n) is 20.0. The topological polar surface area (TPSA) is 139 Å². The third kappa shape index (κ3) is 9.20. The van der Waals surface area contributed by atoms with Gasteiger partial charge in [-0.15, -0.1) is 23.5 Å². The number of hydrogen-bond acceptors (Lipinski definition) is 10. The molecule has 2 unspecified atom stereocenters. The minimum Gasteiger partial charge on any atom is -0.455 e. The molecule has 0 radical (unpaired) electrons. The molecular weight excluding hydrogens is 532 g/mol. The molecule has 0 aliphatic carbocycles. The van der Waals surface area contributed by atoms with E-state index >= 15 is 0 Å². The van der Waals surface area contributed by atoms with Crippen LogP contribution in [-0.2, 0) is 9.47 Å². The number of carbonyl (C=O) groups is 2. The van der Waals surface area contributed by atoms with Crippen molar-refractivity contribution >= 4 is 35.5 Å². The van der Waals surface area contributed by atoms with Gasteiger partial charge in [0.25, 0.3) is 12.1 Å². The minimum absolute atomic E-state index is 0.0989. The maximum Gasteiger partial charge on any atom is 0.338 e. The van der Waals surface area contributed by atoms with E-state index in [0.29, 0.717) is 0 Å². The Morgan fingerprint density at radius 3 is 1.29 bits per heavy atom. The van der Waals surface area contributed by atoms with Crippen LogP contribution in [0.3, 0.4) is 0 Å². The number of nitro groups is 2. The van der Waals surface area contributed by atoms with Gasteiger partial charge >= 0.3 is 11.9 Å². The van der Waals surface area contributed by atoms with Gasteiger partial charge in [0, 0.05) is 19.6 Å². The number of benzene rings is 3. The Hall–Kier alpha value is -3.90. The Kier molecular flexibility index (Phi) is 11.1. The Bertz CT molecular complexity index is 1130. The van der Waals surface area contributed by atoms with Crippen molar-refractivity contribution in [3.63, 3.8) is 0 Å². The van der Waals surface area contributed by atoms with Gasteiger partial charge in [0.15, 0.2) is 13.2 Å². The van der Waals surface area contributed by atoms with Crippen molar-refractivity contribution in [2.24, 2.45) is 0 Å². The summed E-state index contributed by atoms with van der Waals surface area (Å²) in [6, 6.07) is 21.5. The van der Waals surface area contributed by atoms with Gasteiger partial charge in [-0.25, -0.2) is 9.59 Å². The van der Waals surface area contributed by atoms with Crippen LogP contribution >= 0.6 is 23.5 Å². The number of hydrogen-bond donors (Lipinski definition) is 0. The van der Waals surface area contributed by atoms with Crippen molar-refractivity contribution < 1.29 is 28.9 Å². The second-order valence-electron chi connectivity index (χ2n) is 7.90.